The Morgan fingerprint density at radius 1 is 1.21 bits per heavy atom. The molecular formula is C24H31N7O3. The maximum atomic E-state index is 13.0. The highest BCUT2D eigenvalue weighted by molar-refractivity contribution is 5.93. The van der Waals surface area contributed by atoms with Crippen molar-refractivity contribution in [1.82, 2.24) is 19.9 Å². The lowest BCUT2D eigenvalue weighted by molar-refractivity contribution is 0.147. The minimum absolute atomic E-state index is 0.0228. The number of carbonyl (C=O) groups is 2. The molecule has 3 aromatic rings. The molecule has 1 aliphatic heterocycles. The molecule has 0 spiro atoms. The zero-order valence-corrected chi connectivity index (χ0v) is 20.0. The van der Waals surface area contributed by atoms with Gasteiger partial charge in [0, 0.05) is 43.2 Å². The smallest absolute Gasteiger partial charge is 0.411 e. The average molecular weight is 466 g/mol. The average Bonchev–Trinajstić information content (AvgIpc) is 3.19. The Labute approximate surface area is 198 Å². The fraction of sp³-hybridized carbons (Fsp3) is 0.417. The standard InChI is InChI=1S/C24H31N7O3/c1-15(2)13-34-24(33)29-19-7-5-6-18(10-19)28-23(32)31-9-8-30(12-17(31)4)22-20-16(3)11-25-21(20)26-14-27-22/h5-7,10-11,14-15,17H,8-9,12-13H2,1-4H3,(H,28,32)(H,29,33)(H,25,26,27). The Hall–Kier alpha value is -3.82. The van der Waals surface area contributed by atoms with Gasteiger partial charge in [-0.25, -0.2) is 19.6 Å². The van der Waals surface area contributed by atoms with Crippen LogP contribution in [0.1, 0.15) is 26.3 Å². The molecule has 4 rings (SSSR count). The van der Waals surface area contributed by atoms with Crippen LogP contribution in [0.2, 0.25) is 0 Å². The van der Waals surface area contributed by atoms with Gasteiger partial charge in [0.15, 0.2) is 0 Å². The second kappa shape index (κ2) is 9.98. The third-order valence-electron chi connectivity index (χ3n) is 5.74. The molecule has 1 aromatic carbocycles. The van der Waals surface area contributed by atoms with Gasteiger partial charge in [-0.3, -0.25) is 5.32 Å². The predicted molar refractivity (Wildman–Crippen MR) is 132 cm³/mol. The van der Waals surface area contributed by atoms with E-state index in [0.717, 1.165) is 22.4 Å². The van der Waals surface area contributed by atoms with Gasteiger partial charge in [0.05, 0.1) is 12.0 Å². The van der Waals surface area contributed by atoms with Gasteiger partial charge in [-0.1, -0.05) is 19.9 Å². The number of hydrogen-bond acceptors (Lipinski definition) is 6. The first-order chi connectivity index (χ1) is 16.3. The quantitative estimate of drug-likeness (QED) is 0.520. The van der Waals surface area contributed by atoms with E-state index < -0.39 is 6.09 Å². The molecular weight excluding hydrogens is 434 g/mol. The Balaban J connectivity index is 1.37. The monoisotopic (exact) mass is 465 g/mol. The summed E-state index contributed by atoms with van der Waals surface area (Å²) < 4.78 is 5.15. The number of ether oxygens (including phenoxy) is 1. The van der Waals surface area contributed by atoms with E-state index in [9.17, 15) is 9.59 Å². The number of fused-ring (bicyclic) bond motifs is 1. The van der Waals surface area contributed by atoms with Crippen molar-refractivity contribution in [3.63, 3.8) is 0 Å². The first-order valence-corrected chi connectivity index (χ1v) is 11.5. The number of aromatic amines is 1. The summed E-state index contributed by atoms with van der Waals surface area (Å²) in [5.41, 5.74) is 3.07. The molecule has 3 N–H and O–H groups in total. The summed E-state index contributed by atoms with van der Waals surface area (Å²) in [6, 6.07) is 6.81. The van der Waals surface area contributed by atoms with Crippen LogP contribution in [-0.4, -0.2) is 64.3 Å². The molecule has 1 unspecified atom stereocenters. The third-order valence-corrected chi connectivity index (χ3v) is 5.74. The van der Waals surface area contributed by atoms with Crippen LogP contribution >= 0.6 is 0 Å². The van der Waals surface area contributed by atoms with Crippen LogP contribution in [0.5, 0.6) is 0 Å². The summed E-state index contributed by atoms with van der Waals surface area (Å²) in [5.74, 6) is 1.14. The van der Waals surface area contributed by atoms with Crippen LogP contribution in [0.15, 0.2) is 36.8 Å². The van der Waals surface area contributed by atoms with Crippen molar-refractivity contribution in [2.24, 2.45) is 5.92 Å². The van der Waals surface area contributed by atoms with E-state index in [1.54, 1.807) is 30.6 Å². The summed E-state index contributed by atoms with van der Waals surface area (Å²) in [5, 5.41) is 6.65. The van der Waals surface area contributed by atoms with Gasteiger partial charge in [0.1, 0.15) is 17.8 Å². The largest absolute Gasteiger partial charge is 0.449 e. The van der Waals surface area contributed by atoms with Crippen LogP contribution < -0.4 is 15.5 Å². The molecule has 1 aliphatic rings. The summed E-state index contributed by atoms with van der Waals surface area (Å²) >= 11 is 0. The van der Waals surface area contributed by atoms with E-state index in [1.807, 2.05) is 38.8 Å². The van der Waals surface area contributed by atoms with Crippen molar-refractivity contribution in [1.29, 1.82) is 0 Å². The third kappa shape index (κ3) is 5.22. The number of H-pyrrole nitrogens is 1. The molecule has 3 heterocycles. The maximum Gasteiger partial charge on any atom is 0.411 e. The van der Waals surface area contributed by atoms with Crippen molar-refractivity contribution in [2.45, 2.75) is 33.7 Å². The van der Waals surface area contributed by atoms with Gasteiger partial charge < -0.3 is 24.8 Å². The number of amides is 3. The second-order valence-electron chi connectivity index (χ2n) is 9.01. The van der Waals surface area contributed by atoms with Gasteiger partial charge in [0.25, 0.3) is 0 Å². The number of piperazine rings is 1. The molecule has 0 radical (unpaired) electrons. The molecule has 2 aromatic heterocycles. The highest BCUT2D eigenvalue weighted by Gasteiger charge is 2.29. The highest BCUT2D eigenvalue weighted by atomic mass is 16.5. The van der Waals surface area contributed by atoms with E-state index in [0.29, 0.717) is 37.6 Å². The zero-order chi connectivity index (χ0) is 24.2. The fourth-order valence-corrected chi connectivity index (χ4v) is 4.06. The first-order valence-electron chi connectivity index (χ1n) is 11.5. The number of benzene rings is 1. The molecule has 3 amide bonds. The molecule has 10 nitrogen and oxygen atoms in total. The number of nitrogens with zero attached hydrogens (tertiary/aromatic N) is 4. The van der Waals surface area contributed by atoms with Crippen LogP contribution in [0, 0.1) is 12.8 Å². The maximum absolute atomic E-state index is 13.0. The van der Waals surface area contributed by atoms with Gasteiger partial charge in [-0.05, 0) is 43.5 Å². The summed E-state index contributed by atoms with van der Waals surface area (Å²) in [4.78, 5) is 41.0. The first kappa shape index (κ1) is 23.3. The Kier molecular flexibility index (Phi) is 6.85. The molecule has 180 valence electrons. The van der Waals surface area contributed by atoms with Crippen molar-refractivity contribution in [3.8, 4) is 0 Å². The van der Waals surface area contributed by atoms with Crippen molar-refractivity contribution in [3.05, 3.63) is 42.4 Å². The molecule has 34 heavy (non-hydrogen) atoms. The number of hydrogen-bond donors (Lipinski definition) is 3. The van der Waals surface area contributed by atoms with Crippen LogP contribution in [0.3, 0.4) is 0 Å². The van der Waals surface area contributed by atoms with Crippen LogP contribution in [-0.2, 0) is 4.74 Å². The number of nitrogens with one attached hydrogen (secondary N) is 3. The normalized spacial score (nSPS) is 16.1. The number of carbonyl (C=O) groups excluding carboxylic acids is 2. The molecule has 1 saturated heterocycles. The van der Waals surface area contributed by atoms with E-state index in [-0.39, 0.29) is 18.0 Å². The SMILES string of the molecule is Cc1c[nH]c2ncnc(N3CCN(C(=O)Nc4cccc(NC(=O)OCC(C)C)c4)C(C)C3)c12. The number of anilines is 3. The molecule has 1 atom stereocenters. The lowest BCUT2D eigenvalue weighted by Crippen LogP contribution is -2.55. The minimum Gasteiger partial charge on any atom is -0.449 e. The fourth-order valence-electron chi connectivity index (χ4n) is 4.06. The molecule has 0 saturated carbocycles. The van der Waals surface area contributed by atoms with Crippen LogP contribution in [0.4, 0.5) is 26.8 Å². The summed E-state index contributed by atoms with van der Waals surface area (Å²) in [6.45, 7) is 10.2. The van der Waals surface area contributed by atoms with Crippen molar-refractivity contribution >= 4 is 40.4 Å². The van der Waals surface area contributed by atoms with Crippen molar-refractivity contribution in [2.75, 3.05) is 41.8 Å². The Bertz CT molecular complexity index is 1180. The highest BCUT2D eigenvalue weighted by Crippen LogP contribution is 2.28. The van der Waals surface area contributed by atoms with E-state index >= 15 is 0 Å². The van der Waals surface area contributed by atoms with Gasteiger partial charge in [0.2, 0.25) is 0 Å². The molecule has 1 fully saturated rings. The number of aryl methyl sites for hydroxylation is 1. The van der Waals surface area contributed by atoms with Gasteiger partial charge >= 0.3 is 12.1 Å². The Morgan fingerprint density at radius 2 is 1.97 bits per heavy atom. The summed E-state index contributed by atoms with van der Waals surface area (Å²) in [6.07, 6.45) is 2.98. The van der Waals surface area contributed by atoms with Gasteiger partial charge in [-0.15, -0.1) is 0 Å². The summed E-state index contributed by atoms with van der Waals surface area (Å²) in [7, 11) is 0. The molecule has 0 bridgehead atoms. The molecule has 10 heteroatoms. The Morgan fingerprint density at radius 3 is 2.71 bits per heavy atom. The van der Waals surface area contributed by atoms with Crippen LogP contribution in [0.25, 0.3) is 11.0 Å². The second-order valence-corrected chi connectivity index (χ2v) is 9.01. The van der Waals surface area contributed by atoms with E-state index in [1.165, 1.54) is 0 Å². The van der Waals surface area contributed by atoms with Crippen molar-refractivity contribution < 1.29 is 14.3 Å². The predicted octanol–water partition coefficient (Wildman–Crippen LogP) is 4.21. The van der Waals surface area contributed by atoms with E-state index in [4.69, 9.17) is 4.74 Å². The van der Waals surface area contributed by atoms with E-state index in [2.05, 4.69) is 30.5 Å². The molecule has 0 aliphatic carbocycles. The number of aromatic nitrogens is 3. The number of rotatable bonds is 5. The lowest BCUT2D eigenvalue weighted by atomic mass is 10.1. The van der Waals surface area contributed by atoms with Gasteiger partial charge in [-0.2, -0.15) is 0 Å². The number of urea groups is 1. The topological polar surface area (TPSA) is 115 Å². The minimum atomic E-state index is -0.515. The zero-order valence-electron chi connectivity index (χ0n) is 20.0. The lowest BCUT2D eigenvalue weighted by Gasteiger charge is -2.40.